The Kier molecular flexibility index (Phi) is 2.97. The number of likely N-dealkylation sites (tertiary alicyclic amines) is 1. The number of benzene rings is 1. The molecule has 0 radical (unpaired) electrons. The van der Waals surface area contributed by atoms with Gasteiger partial charge < -0.3 is 0 Å². The van der Waals surface area contributed by atoms with E-state index in [9.17, 15) is 9.59 Å². The van der Waals surface area contributed by atoms with Gasteiger partial charge in [0.25, 0.3) is 0 Å². The highest BCUT2D eigenvalue weighted by Crippen LogP contribution is 2.28. The van der Waals surface area contributed by atoms with Crippen molar-refractivity contribution in [1.82, 2.24) is 10.2 Å². The Balaban J connectivity index is 1.71. The molecule has 2 amide bonds. The van der Waals surface area contributed by atoms with Gasteiger partial charge in [-0.05, 0) is 16.0 Å². The maximum Gasteiger partial charge on any atom is 0.354 e. The highest BCUT2D eigenvalue weighted by molar-refractivity contribution is 5.84. The van der Waals surface area contributed by atoms with Gasteiger partial charge in [0.05, 0.1) is 6.42 Å². The summed E-state index contributed by atoms with van der Waals surface area (Å²) in [6, 6.07) is 9.27. The molecule has 0 atom stereocenters. The van der Waals surface area contributed by atoms with E-state index in [0.29, 0.717) is 13.0 Å². The van der Waals surface area contributed by atoms with Crippen LogP contribution in [0.2, 0.25) is 0 Å². The van der Waals surface area contributed by atoms with Gasteiger partial charge in [0.1, 0.15) is 0 Å². The molecule has 0 aromatic heterocycles. The molecule has 1 aromatic rings. The lowest BCUT2D eigenvalue weighted by molar-refractivity contribution is -0.152. The summed E-state index contributed by atoms with van der Waals surface area (Å²) < 4.78 is 0. The van der Waals surface area contributed by atoms with Gasteiger partial charge >= 0.3 is 5.91 Å². The fraction of sp³-hybridized carbons (Fsp3) is 0.333. The Morgan fingerprint density at radius 3 is 2.50 bits per heavy atom. The third kappa shape index (κ3) is 2.15. The predicted octanol–water partition coefficient (Wildman–Crippen LogP) is 1.02. The molecule has 1 saturated heterocycles. The molecule has 1 fully saturated rings. The van der Waals surface area contributed by atoms with E-state index in [-0.39, 0.29) is 18.2 Å². The molecule has 8 nitrogen and oxygen atoms in total. The van der Waals surface area contributed by atoms with Crippen LogP contribution in [0.25, 0.3) is 0 Å². The summed E-state index contributed by atoms with van der Waals surface area (Å²) in [7, 11) is 0. The molecule has 2 aliphatic heterocycles. The zero-order chi connectivity index (χ0) is 14.0. The number of hydrogen-bond donors (Lipinski definition) is 1. The number of amides is 2. The minimum atomic E-state index is -1.48. The predicted molar refractivity (Wildman–Crippen MR) is 67.1 cm³/mol. The number of nitrogens with one attached hydrogen (secondary N) is 1. The van der Waals surface area contributed by atoms with E-state index in [1.165, 1.54) is 4.90 Å². The van der Waals surface area contributed by atoms with Crippen LogP contribution in [0.3, 0.4) is 0 Å². The van der Waals surface area contributed by atoms with Crippen molar-refractivity contribution < 1.29 is 9.59 Å². The molecule has 102 valence electrons. The molecule has 0 unspecified atom stereocenters. The van der Waals surface area contributed by atoms with Gasteiger partial charge in [-0.1, -0.05) is 40.6 Å². The molecule has 1 N–H and O–H groups in total. The average Bonchev–Trinajstić information content (AvgIpc) is 2.86. The van der Waals surface area contributed by atoms with Crippen molar-refractivity contribution in [3.05, 3.63) is 35.9 Å². The quantitative estimate of drug-likeness (QED) is 0.828. The molecule has 20 heavy (non-hydrogen) atoms. The maximum atomic E-state index is 12.1. The van der Waals surface area contributed by atoms with E-state index >= 15 is 0 Å². The van der Waals surface area contributed by atoms with Gasteiger partial charge in [0, 0.05) is 13.0 Å². The average molecular weight is 272 g/mol. The second-order valence-electron chi connectivity index (χ2n) is 4.52. The van der Waals surface area contributed by atoms with Crippen molar-refractivity contribution in [3.8, 4) is 0 Å². The highest BCUT2D eigenvalue weighted by Gasteiger charge is 2.48. The molecule has 2 aliphatic rings. The lowest BCUT2D eigenvalue weighted by Gasteiger charge is -2.39. The summed E-state index contributed by atoms with van der Waals surface area (Å²) in [6.07, 6.45) is 0.594. The van der Waals surface area contributed by atoms with Crippen LogP contribution in [-0.4, -0.2) is 29.2 Å². The Hall–Kier alpha value is -2.64. The van der Waals surface area contributed by atoms with Gasteiger partial charge in [0.2, 0.25) is 11.8 Å². The van der Waals surface area contributed by atoms with Gasteiger partial charge in [-0.2, -0.15) is 0 Å². The molecule has 2 heterocycles. The lowest BCUT2D eigenvalue weighted by Crippen LogP contribution is -2.64. The monoisotopic (exact) mass is 272 g/mol. The molecule has 3 rings (SSSR count). The minimum absolute atomic E-state index is 0.134. The Morgan fingerprint density at radius 2 is 1.95 bits per heavy atom. The summed E-state index contributed by atoms with van der Waals surface area (Å²) in [4.78, 5) is 24.9. The highest BCUT2D eigenvalue weighted by atomic mass is 16.2. The molecule has 0 bridgehead atoms. The number of nitrogens with zero attached hydrogens (tertiary/aromatic N) is 5. The Labute approximate surface area is 114 Å². The topological polar surface area (TPSA) is 98.8 Å². The molecule has 0 saturated carbocycles. The van der Waals surface area contributed by atoms with Crippen molar-refractivity contribution in [2.24, 2.45) is 20.7 Å². The summed E-state index contributed by atoms with van der Waals surface area (Å²) in [5.41, 5.74) is 0.863. The number of rotatable bonds is 4. The lowest BCUT2D eigenvalue weighted by atomic mass is 10.1. The Morgan fingerprint density at radius 1 is 1.25 bits per heavy atom. The summed E-state index contributed by atoms with van der Waals surface area (Å²) in [5, 5.41) is 17.0. The summed E-state index contributed by atoms with van der Waals surface area (Å²) in [5.74, 6) is -1.92. The molecule has 1 aromatic carbocycles. The van der Waals surface area contributed by atoms with Gasteiger partial charge in [-0.15, -0.1) is 0 Å². The molecule has 0 spiro atoms. The van der Waals surface area contributed by atoms with Crippen LogP contribution in [0, 0.1) is 0 Å². The van der Waals surface area contributed by atoms with E-state index in [0.717, 1.165) is 5.56 Å². The summed E-state index contributed by atoms with van der Waals surface area (Å²) in [6.45, 7) is 0.475. The normalized spacial score (nSPS) is 19.0. The third-order valence-corrected chi connectivity index (χ3v) is 3.15. The zero-order valence-corrected chi connectivity index (χ0v) is 10.6. The van der Waals surface area contributed by atoms with Crippen LogP contribution in [0.4, 0.5) is 0 Å². The maximum absolute atomic E-state index is 12.1. The van der Waals surface area contributed by atoms with E-state index < -0.39 is 5.91 Å². The van der Waals surface area contributed by atoms with E-state index in [2.05, 4.69) is 26.0 Å². The van der Waals surface area contributed by atoms with E-state index in [1.54, 1.807) is 0 Å². The molecular formula is C12H12N6O2. The van der Waals surface area contributed by atoms with Crippen LogP contribution in [0.1, 0.15) is 12.0 Å². The minimum Gasteiger partial charge on any atom is -0.292 e. The van der Waals surface area contributed by atoms with Crippen LogP contribution in [-0.2, 0) is 16.0 Å². The van der Waals surface area contributed by atoms with E-state index in [4.69, 9.17) is 0 Å². The standard InChI is InChI=1S/C12H12N6O2/c19-10(8-9-4-2-1-3-5-9)13-12(14-16-17-15-12)18-7-6-11(18)20/h1-5H,6-8H2,(H,13,19). The second-order valence-corrected chi connectivity index (χ2v) is 4.52. The van der Waals surface area contributed by atoms with Crippen LogP contribution < -0.4 is 5.32 Å². The fourth-order valence-corrected chi connectivity index (χ4v) is 2.07. The first-order chi connectivity index (χ1) is 9.70. The van der Waals surface area contributed by atoms with Crippen molar-refractivity contribution in [3.63, 3.8) is 0 Å². The van der Waals surface area contributed by atoms with Crippen LogP contribution in [0.5, 0.6) is 0 Å². The number of β-lactam (4-membered cyclic amide) rings is 1. The fourth-order valence-electron chi connectivity index (χ4n) is 2.07. The van der Waals surface area contributed by atoms with Gasteiger partial charge in [-0.25, -0.2) is 0 Å². The van der Waals surface area contributed by atoms with Crippen molar-refractivity contribution in [1.29, 1.82) is 0 Å². The van der Waals surface area contributed by atoms with E-state index in [1.807, 2.05) is 30.3 Å². The van der Waals surface area contributed by atoms with Crippen molar-refractivity contribution >= 4 is 11.8 Å². The summed E-state index contributed by atoms with van der Waals surface area (Å²) >= 11 is 0. The molecule has 8 heteroatoms. The number of hydrogen-bond acceptors (Lipinski definition) is 6. The first-order valence-corrected chi connectivity index (χ1v) is 6.19. The van der Waals surface area contributed by atoms with Crippen LogP contribution >= 0.6 is 0 Å². The van der Waals surface area contributed by atoms with Crippen molar-refractivity contribution in [2.75, 3.05) is 6.54 Å². The first-order valence-electron chi connectivity index (χ1n) is 6.19. The largest absolute Gasteiger partial charge is 0.354 e. The second kappa shape index (κ2) is 4.80. The SMILES string of the molecule is O=C(Cc1ccccc1)NC1(N2CCC2=O)N=NN=N1. The first kappa shape index (κ1) is 12.4. The molecule has 0 aliphatic carbocycles. The van der Waals surface area contributed by atoms with Crippen LogP contribution in [0.15, 0.2) is 51.0 Å². The molecular weight excluding hydrogens is 260 g/mol. The van der Waals surface area contributed by atoms with Gasteiger partial charge in [-0.3, -0.25) is 19.8 Å². The zero-order valence-electron chi connectivity index (χ0n) is 10.6. The number of carbonyl (C=O) groups is 2. The number of carbonyl (C=O) groups excluding carboxylic acids is 2. The third-order valence-electron chi connectivity index (χ3n) is 3.15. The Bertz CT molecular complexity index is 585. The van der Waals surface area contributed by atoms with Gasteiger partial charge in [0.15, 0.2) is 0 Å². The van der Waals surface area contributed by atoms with Crippen molar-refractivity contribution in [2.45, 2.75) is 18.8 Å². The smallest absolute Gasteiger partial charge is 0.292 e.